The number of rotatable bonds is 2. The van der Waals surface area contributed by atoms with E-state index in [0.717, 1.165) is 18.9 Å². The van der Waals surface area contributed by atoms with E-state index < -0.39 is 4.92 Å². The number of hydrogen-bond acceptors (Lipinski definition) is 4. The molecule has 0 radical (unpaired) electrons. The van der Waals surface area contributed by atoms with Crippen LogP contribution in [0.15, 0.2) is 12.1 Å². The first kappa shape index (κ1) is 13.1. The van der Waals surface area contributed by atoms with Gasteiger partial charge in [-0.2, -0.15) is 0 Å². The summed E-state index contributed by atoms with van der Waals surface area (Å²) in [7, 11) is 0. The lowest BCUT2D eigenvalue weighted by atomic mass is 9.92. The summed E-state index contributed by atoms with van der Waals surface area (Å²) in [4.78, 5) is 16.5. The van der Waals surface area contributed by atoms with Gasteiger partial charge in [0.2, 0.25) is 5.15 Å². The molecule has 0 amide bonds. The molecule has 2 rings (SSSR count). The van der Waals surface area contributed by atoms with Crippen molar-refractivity contribution in [3.63, 3.8) is 0 Å². The first-order valence-electron chi connectivity index (χ1n) is 6.03. The molecule has 18 heavy (non-hydrogen) atoms. The first-order valence-corrected chi connectivity index (χ1v) is 6.41. The number of pyridine rings is 1. The molecule has 1 aromatic heterocycles. The highest BCUT2D eigenvalue weighted by molar-refractivity contribution is 6.31. The van der Waals surface area contributed by atoms with Crippen molar-refractivity contribution < 1.29 is 4.92 Å². The summed E-state index contributed by atoms with van der Waals surface area (Å²) in [6, 6.07) is 3.10. The number of nitro groups is 1. The maximum Gasteiger partial charge on any atom is 0.306 e. The summed E-state index contributed by atoms with van der Waals surface area (Å²) < 4.78 is 0. The Balaban J connectivity index is 2.23. The predicted octanol–water partition coefficient (Wildman–Crippen LogP) is 3.13. The van der Waals surface area contributed by atoms with E-state index in [1.807, 2.05) is 0 Å². The number of aromatic nitrogens is 1. The fraction of sp³-hybridized carbons (Fsp3) is 0.583. The Kier molecular flexibility index (Phi) is 3.71. The Morgan fingerprint density at radius 2 is 2.00 bits per heavy atom. The van der Waals surface area contributed by atoms with Crippen LogP contribution in [0.3, 0.4) is 0 Å². The van der Waals surface area contributed by atoms with Crippen molar-refractivity contribution in [3.8, 4) is 0 Å². The first-order chi connectivity index (χ1) is 8.47. The number of halogens is 1. The molecule has 1 aliphatic rings. The molecule has 1 aliphatic heterocycles. The summed E-state index contributed by atoms with van der Waals surface area (Å²) >= 11 is 5.84. The highest BCUT2D eigenvalue weighted by Crippen LogP contribution is 2.29. The maximum atomic E-state index is 10.7. The molecule has 5 nitrogen and oxygen atoms in total. The third kappa shape index (κ3) is 2.72. The Bertz CT molecular complexity index is 457. The Hall–Kier alpha value is -1.36. The molecule has 98 valence electrons. The largest absolute Gasteiger partial charge is 0.356 e. The molecule has 1 saturated heterocycles. The van der Waals surface area contributed by atoms with Crippen molar-refractivity contribution in [3.05, 3.63) is 27.4 Å². The second-order valence-corrected chi connectivity index (χ2v) is 5.45. The van der Waals surface area contributed by atoms with Crippen LogP contribution in [0.4, 0.5) is 11.5 Å². The van der Waals surface area contributed by atoms with Gasteiger partial charge in [0.15, 0.2) is 0 Å². The van der Waals surface area contributed by atoms with Crippen LogP contribution in [0.2, 0.25) is 5.15 Å². The van der Waals surface area contributed by atoms with Gasteiger partial charge in [-0.15, -0.1) is 0 Å². The molecule has 0 bridgehead atoms. The quantitative estimate of drug-likeness (QED) is 0.470. The minimum absolute atomic E-state index is 0.0385. The fourth-order valence-electron chi connectivity index (χ4n) is 2.58. The van der Waals surface area contributed by atoms with Gasteiger partial charge in [-0.1, -0.05) is 25.4 Å². The van der Waals surface area contributed by atoms with Crippen LogP contribution < -0.4 is 4.90 Å². The van der Waals surface area contributed by atoms with E-state index in [4.69, 9.17) is 11.6 Å². The van der Waals surface area contributed by atoms with Crippen molar-refractivity contribution >= 4 is 23.1 Å². The van der Waals surface area contributed by atoms with Crippen molar-refractivity contribution in [1.29, 1.82) is 0 Å². The molecule has 0 saturated carbocycles. The molecule has 1 aromatic rings. The summed E-state index contributed by atoms with van der Waals surface area (Å²) in [5.41, 5.74) is -0.140. The van der Waals surface area contributed by atoms with Crippen LogP contribution in [0.25, 0.3) is 0 Å². The maximum absolute atomic E-state index is 10.7. The van der Waals surface area contributed by atoms with Gasteiger partial charge in [0.05, 0.1) is 4.92 Å². The zero-order valence-electron chi connectivity index (χ0n) is 10.5. The molecule has 0 unspecified atom stereocenters. The molecule has 2 atom stereocenters. The Morgan fingerprint density at radius 3 is 2.50 bits per heavy atom. The van der Waals surface area contributed by atoms with Crippen molar-refractivity contribution in [2.75, 3.05) is 18.0 Å². The highest BCUT2D eigenvalue weighted by Gasteiger charge is 2.24. The lowest BCUT2D eigenvalue weighted by molar-refractivity contribution is -0.385. The highest BCUT2D eigenvalue weighted by atomic mass is 35.5. The van der Waals surface area contributed by atoms with E-state index in [9.17, 15) is 10.1 Å². The molecule has 0 aromatic carbocycles. The summed E-state index contributed by atoms with van der Waals surface area (Å²) in [6.45, 7) is 6.25. The minimum atomic E-state index is -0.513. The molecular weight excluding hydrogens is 254 g/mol. The van der Waals surface area contributed by atoms with E-state index in [2.05, 4.69) is 23.7 Å². The normalized spacial score (nSPS) is 24.1. The van der Waals surface area contributed by atoms with Crippen LogP contribution >= 0.6 is 11.6 Å². The second kappa shape index (κ2) is 5.10. The average molecular weight is 270 g/mol. The van der Waals surface area contributed by atoms with Crippen LogP contribution in [0.5, 0.6) is 0 Å². The standard InChI is InChI=1S/C12H16ClN3O2/c1-8-5-9(2)7-15(6-8)11-4-3-10(16(17)18)12(13)14-11/h3-4,8-9H,5-7H2,1-2H3/t8-,9-/m1/s1. The summed E-state index contributed by atoms with van der Waals surface area (Å²) in [5.74, 6) is 1.93. The third-order valence-electron chi connectivity index (χ3n) is 3.20. The lowest BCUT2D eigenvalue weighted by Gasteiger charge is -2.35. The van der Waals surface area contributed by atoms with Crippen LogP contribution in [0, 0.1) is 22.0 Å². The molecule has 1 fully saturated rings. The van der Waals surface area contributed by atoms with E-state index >= 15 is 0 Å². The molecule has 6 heteroatoms. The van der Waals surface area contributed by atoms with E-state index in [0.29, 0.717) is 11.8 Å². The Labute approximate surface area is 111 Å². The van der Waals surface area contributed by atoms with Gasteiger partial charge in [0.1, 0.15) is 5.82 Å². The van der Waals surface area contributed by atoms with Crippen LogP contribution in [-0.2, 0) is 0 Å². The zero-order valence-corrected chi connectivity index (χ0v) is 11.2. The van der Waals surface area contributed by atoms with E-state index in [-0.39, 0.29) is 10.8 Å². The van der Waals surface area contributed by atoms with Crippen LogP contribution in [-0.4, -0.2) is 23.0 Å². The van der Waals surface area contributed by atoms with Crippen molar-refractivity contribution in [2.24, 2.45) is 11.8 Å². The van der Waals surface area contributed by atoms with Gasteiger partial charge < -0.3 is 4.90 Å². The fourth-order valence-corrected chi connectivity index (χ4v) is 2.80. The molecule has 0 spiro atoms. The molecule has 2 heterocycles. The number of hydrogen-bond donors (Lipinski definition) is 0. The zero-order chi connectivity index (χ0) is 13.3. The molecular formula is C12H16ClN3O2. The Morgan fingerprint density at radius 1 is 1.39 bits per heavy atom. The van der Waals surface area contributed by atoms with Gasteiger partial charge in [0.25, 0.3) is 0 Å². The van der Waals surface area contributed by atoms with Gasteiger partial charge in [-0.25, -0.2) is 4.98 Å². The van der Waals surface area contributed by atoms with Crippen molar-refractivity contribution in [2.45, 2.75) is 20.3 Å². The summed E-state index contributed by atoms with van der Waals surface area (Å²) in [5, 5.41) is 10.6. The third-order valence-corrected chi connectivity index (χ3v) is 3.48. The second-order valence-electron chi connectivity index (χ2n) is 5.09. The van der Waals surface area contributed by atoms with Gasteiger partial charge in [0, 0.05) is 19.2 Å². The monoisotopic (exact) mass is 269 g/mol. The SMILES string of the molecule is C[C@@H]1C[C@@H](C)CN(c2ccc([N+](=O)[O-])c(Cl)n2)C1. The molecule has 0 aliphatic carbocycles. The number of nitrogens with zero attached hydrogens (tertiary/aromatic N) is 3. The average Bonchev–Trinajstić information content (AvgIpc) is 2.26. The van der Waals surface area contributed by atoms with Gasteiger partial charge in [-0.05, 0) is 24.3 Å². The van der Waals surface area contributed by atoms with Gasteiger partial charge >= 0.3 is 5.69 Å². The topological polar surface area (TPSA) is 59.3 Å². The summed E-state index contributed by atoms with van der Waals surface area (Å²) in [6.07, 6.45) is 1.21. The predicted molar refractivity (Wildman–Crippen MR) is 71.1 cm³/mol. The van der Waals surface area contributed by atoms with Crippen LogP contribution in [0.1, 0.15) is 20.3 Å². The van der Waals surface area contributed by atoms with E-state index in [1.165, 1.54) is 12.5 Å². The lowest BCUT2D eigenvalue weighted by Crippen LogP contribution is -2.39. The van der Waals surface area contributed by atoms with Gasteiger partial charge in [-0.3, -0.25) is 10.1 Å². The van der Waals surface area contributed by atoms with E-state index in [1.54, 1.807) is 6.07 Å². The molecule has 0 N–H and O–H groups in total. The number of piperidine rings is 1. The minimum Gasteiger partial charge on any atom is -0.356 e. The smallest absolute Gasteiger partial charge is 0.306 e. The van der Waals surface area contributed by atoms with Crippen molar-refractivity contribution in [1.82, 2.24) is 4.98 Å². The number of anilines is 1.